The fourth-order valence-corrected chi connectivity index (χ4v) is 2.54. The first-order valence-corrected chi connectivity index (χ1v) is 6.39. The molecule has 0 bridgehead atoms. The van der Waals surface area contributed by atoms with Gasteiger partial charge in [-0.1, -0.05) is 11.6 Å². The van der Waals surface area contributed by atoms with Crippen molar-refractivity contribution in [1.29, 1.82) is 0 Å². The quantitative estimate of drug-likeness (QED) is 0.811. The summed E-state index contributed by atoms with van der Waals surface area (Å²) >= 11 is 5.99. The summed E-state index contributed by atoms with van der Waals surface area (Å²) in [5.41, 5.74) is 0. The van der Waals surface area contributed by atoms with Gasteiger partial charge in [-0.25, -0.2) is 0 Å². The number of hydrogen-bond donors (Lipinski definition) is 1. The molecule has 1 aliphatic rings. The van der Waals surface area contributed by atoms with Crippen LogP contribution in [0.1, 0.15) is 13.3 Å². The zero-order chi connectivity index (χ0) is 13.4. The van der Waals surface area contributed by atoms with Gasteiger partial charge in [0.05, 0.1) is 0 Å². The van der Waals surface area contributed by atoms with Crippen molar-refractivity contribution < 1.29 is 4.79 Å². The van der Waals surface area contributed by atoms with E-state index in [1.54, 1.807) is 10.6 Å². The van der Waals surface area contributed by atoms with Crippen molar-refractivity contribution >= 4 is 29.1 Å². The molecule has 1 atom stereocenters. The minimum Gasteiger partial charge on any atom is -0.354 e. The average molecular weight is 281 g/mol. The zero-order valence-electron chi connectivity index (χ0n) is 10.4. The topological polar surface area (TPSA) is 75.4 Å². The summed E-state index contributed by atoms with van der Waals surface area (Å²) in [4.78, 5) is 21.3. The molecule has 1 amide bonds. The van der Waals surface area contributed by atoms with E-state index in [4.69, 9.17) is 11.6 Å². The zero-order valence-corrected chi connectivity index (χ0v) is 11.1. The molecule has 1 unspecified atom stereocenters. The van der Waals surface area contributed by atoms with Crippen LogP contribution < -0.4 is 10.2 Å². The highest BCUT2D eigenvalue weighted by molar-refractivity contribution is 6.29. The Labute approximate surface area is 114 Å². The van der Waals surface area contributed by atoms with E-state index in [1.165, 1.54) is 13.3 Å². The van der Waals surface area contributed by atoms with E-state index in [2.05, 4.69) is 25.3 Å². The van der Waals surface area contributed by atoms with Crippen molar-refractivity contribution in [2.75, 3.05) is 18.0 Å². The lowest BCUT2D eigenvalue weighted by molar-refractivity contribution is -0.119. The van der Waals surface area contributed by atoms with Gasteiger partial charge >= 0.3 is 0 Å². The third-order valence-corrected chi connectivity index (χ3v) is 3.32. The molecule has 2 aromatic rings. The maximum Gasteiger partial charge on any atom is 0.255 e. The van der Waals surface area contributed by atoms with Gasteiger partial charge in [-0.2, -0.15) is 19.6 Å². The van der Waals surface area contributed by atoms with Gasteiger partial charge in [-0.05, 0) is 6.42 Å². The van der Waals surface area contributed by atoms with Crippen molar-refractivity contribution in [3.8, 4) is 0 Å². The Kier molecular flexibility index (Phi) is 2.98. The molecule has 19 heavy (non-hydrogen) atoms. The number of amides is 1. The van der Waals surface area contributed by atoms with Crippen LogP contribution in [0.2, 0.25) is 5.15 Å². The van der Waals surface area contributed by atoms with Gasteiger partial charge in [0.25, 0.3) is 5.78 Å². The monoisotopic (exact) mass is 280 g/mol. The molecule has 3 rings (SSSR count). The third-order valence-electron chi connectivity index (χ3n) is 3.12. The van der Waals surface area contributed by atoms with Crippen molar-refractivity contribution in [3.05, 3.63) is 17.5 Å². The summed E-state index contributed by atoms with van der Waals surface area (Å²) in [6.07, 6.45) is 2.35. The highest BCUT2D eigenvalue weighted by atomic mass is 35.5. The van der Waals surface area contributed by atoms with Crippen molar-refractivity contribution in [3.63, 3.8) is 0 Å². The molecule has 0 aliphatic carbocycles. The number of aromatic nitrogens is 4. The molecule has 0 radical (unpaired) electrons. The summed E-state index contributed by atoms with van der Waals surface area (Å²) < 4.78 is 1.65. The normalized spacial score (nSPS) is 19.1. The van der Waals surface area contributed by atoms with Gasteiger partial charge < -0.3 is 10.2 Å². The first-order valence-electron chi connectivity index (χ1n) is 6.02. The summed E-state index contributed by atoms with van der Waals surface area (Å²) in [5, 5.41) is 7.46. The largest absolute Gasteiger partial charge is 0.354 e. The molecule has 7 nitrogen and oxygen atoms in total. The lowest BCUT2D eigenvalue weighted by atomic mass is 10.3. The van der Waals surface area contributed by atoms with Crippen LogP contribution in [-0.2, 0) is 4.79 Å². The highest BCUT2D eigenvalue weighted by Crippen LogP contribution is 2.22. The standard InChI is InChI=1S/C11H13ClN6O/c1-7(19)15-8-2-3-17(5-8)10-4-9(12)16-11-13-6-14-18(10)11/h4,6,8H,2-3,5H2,1H3,(H,15,19). The minimum atomic E-state index is -0.00878. The average Bonchev–Trinajstić information content (AvgIpc) is 2.95. The Morgan fingerprint density at radius 3 is 3.21 bits per heavy atom. The molecular weight excluding hydrogens is 268 g/mol. The second-order valence-electron chi connectivity index (χ2n) is 4.54. The first kappa shape index (κ1) is 12.2. The Balaban J connectivity index is 1.89. The van der Waals surface area contributed by atoms with E-state index in [0.717, 1.165) is 25.3 Å². The van der Waals surface area contributed by atoms with Crippen LogP contribution in [0.3, 0.4) is 0 Å². The highest BCUT2D eigenvalue weighted by Gasteiger charge is 2.25. The van der Waals surface area contributed by atoms with E-state index in [9.17, 15) is 4.79 Å². The number of nitrogens with zero attached hydrogens (tertiary/aromatic N) is 5. The SMILES string of the molecule is CC(=O)NC1CCN(c2cc(Cl)nc3ncnn23)C1. The maximum atomic E-state index is 11.1. The second kappa shape index (κ2) is 4.65. The molecule has 2 aromatic heterocycles. The summed E-state index contributed by atoms with van der Waals surface area (Å²) in [6.45, 7) is 3.09. The molecule has 0 saturated carbocycles. The number of fused-ring (bicyclic) bond motifs is 1. The van der Waals surface area contributed by atoms with Crippen molar-refractivity contribution in [2.24, 2.45) is 0 Å². The second-order valence-corrected chi connectivity index (χ2v) is 4.93. The lowest BCUT2D eigenvalue weighted by Crippen LogP contribution is -2.35. The first-order chi connectivity index (χ1) is 9.13. The van der Waals surface area contributed by atoms with Gasteiger partial charge in [0, 0.05) is 32.1 Å². The number of carbonyl (C=O) groups excluding carboxylic acids is 1. The predicted octanol–water partition coefficient (Wildman–Crippen LogP) is 0.492. The third kappa shape index (κ3) is 2.33. The van der Waals surface area contributed by atoms with E-state index in [-0.39, 0.29) is 11.9 Å². The Hall–Kier alpha value is -1.89. The van der Waals surface area contributed by atoms with Gasteiger partial charge in [-0.15, -0.1) is 0 Å². The summed E-state index contributed by atoms with van der Waals surface area (Å²) in [5.74, 6) is 1.32. The van der Waals surface area contributed by atoms with Gasteiger partial charge in [-0.3, -0.25) is 4.79 Å². The van der Waals surface area contributed by atoms with Crippen LogP contribution in [-0.4, -0.2) is 44.6 Å². The lowest BCUT2D eigenvalue weighted by Gasteiger charge is -2.19. The van der Waals surface area contributed by atoms with Crippen LogP contribution in [0.5, 0.6) is 0 Å². The van der Waals surface area contributed by atoms with E-state index >= 15 is 0 Å². The number of anilines is 1. The fourth-order valence-electron chi connectivity index (χ4n) is 2.37. The Bertz CT molecular complexity index is 627. The molecule has 1 fully saturated rings. The number of carbonyl (C=O) groups is 1. The predicted molar refractivity (Wildman–Crippen MR) is 70.2 cm³/mol. The van der Waals surface area contributed by atoms with Crippen LogP contribution in [0.15, 0.2) is 12.4 Å². The molecule has 0 spiro atoms. The molecule has 3 heterocycles. The van der Waals surface area contributed by atoms with Crippen LogP contribution >= 0.6 is 11.6 Å². The fraction of sp³-hybridized carbons (Fsp3) is 0.455. The Morgan fingerprint density at radius 1 is 1.58 bits per heavy atom. The minimum absolute atomic E-state index is 0.00878. The molecule has 100 valence electrons. The number of nitrogens with one attached hydrogen (secondary N) is 1. The Morgan fingerprint density at radius 2 is 2.42 bits per heavy atom. The molecule has 1 aliphatic heterocycles. The number of halogens is 1. The van der Waals surface area contributed by atoms with Crippen LogP contribution in [0.4, 0.5) is 5.82 Å². The summed E-state index contributed by atoms with van der Waals surface area (Å²) in [6, 6.07) is 1.92. The molecule has 1 N–H and O–H groups in total. The number of hydrogen-bond acceptors (Lipinski definition) is 5. The molecular formula is C11H13ClN6O. The van der Waals surface area contributed by atoms with Crippen LogP contribution in [0.25, 0.3) is 5.78 Å². The molecule has 1 saturated heterocycles. The van der Waals surface area contributed by atoms with Crippen molar-refractivity contribution in [2.45, 2.75) is 19.4 Å². The molecule has 0 aromatic carbocycles. The van der Waals surface area contributed by atoms with Crippen LogP contribution in [0, 0.1) is 0 Å². The van der Waals surface area contributed by atoms with E-state index < -0.39 is 0 Å². The summed E-state index contributed by atoms with van der Waals surface area (Å²) in [7, 11) is 0. The van der Waals surface area contributed by atoms with Gasteiger partial charge in [0.2, 0.25) is 5.91 Å². The van der Waals surface area contributed by atoms with Gasteiger partial charge in [0.1, 0.15) is 17.3 Å². The van der Waals surface area contributed by atoms with Gasteiger partial charge in [0.15, 0.2) is 0 Å². The van der Waals surface area contributed by atoms with E-state index in [0.29, 0.717) is 10.9 Å². The molecule has 8 heteroatoms. The number of rotatable bonds is 2. The smallest absolute Gasteiger partial charge is 0.255 e. The maximum absolute atomic E-state index is 11.1. The van der Waals surface area contributed by atoms with Crippen molar-refractivity contribution in [1.82, 2.24) is 24.9 Å². The van der Waals surface area contributed by atoms with E-state index in [1.807, 2.05) is 0 Å².